The van der Waals surface area contributed by atoms with Gasteiger partial charge in [0.05, 0.1) is 23.1 Å². The molecular weight excluding hydrogens is 270 g/mol. The Balaban J connectivity index is 2.21. The van der Waals surface area contributed by atoms with Crippen LogP contribution in [-0.4, -0.2) is 26.5 Å². The molecule has 2 N–H and O–H groups in total. The van der Waals surface area contributed by atoms with Crippen molar-refractivity contribution >= 4 is 29.2 Å². The van der Waals surface area contributed by atoms with Crippen molar-refractivity contribution in [3.63, 3.8) is 0 Å². The van der Waals surface area contributed by atoms with E-state index in [1.807, 2.05) is 0 Å². The number of amides is 1. The minimum atomic E-state index is -1.12. The number of aryl methyl sites for hydroxylation is 1. The van der Waals surface area contributed by atoms with E-state index in [1.165, 1.54) is 30.7 Å². The van der Waals surface area contributed by atoms with Crippen LogP contribution in [-0.2, 0) is 7.05 Å². The molecule has 0 aliphatic heterocycles. The fourth-order valence-corrected chi connectivity index (χ4v) is 1.80. The number of carboxylic acid groups (broad SMARTS) is 1. The van der Waals surface area contributed by atoms with Gasteiger partial charge in [-0.25, -0.2) is 9.78 Å². The lowest BCUT2D eigenvalue weighted by molar-refractivity contribution is 0.0697. The maximum absolute atomic E-state index is 11.9. The number of nitrogens with one attached hydrogen (secondary N) is 1. The van der Waals surface area contributed by atoms with E-state index in [9.17, 15) is 9.59 Å². The van der Waals surface area contributed by atoms with Crippen LogP contribution in [0.1, 0.15) is 20.8 Å². The second kappa shape index (κ2) is 5.11. The van der Waals surface area contributed by atoms with Crippen molar-refractivity contribution in [2.45, 2.75) is 0 Å². The van der Waals surface area contributed by atoms with E-state index >= 15 is 0 Å². The van der Waals surface area contributed by atoms with E-state index in [1.54, 1.807) is 11.6 Å². The number of benzene rings is 1. The summed E-state index contributed by atoms with van der Waals surface area (Å²) < 4.78 is 1.57. The second-order valence-corrected chi connectivity index (χ2v) is 4.25. The topological polar surface area (TPSA) is 84.2 Å². The molecule has 0 saturated heterocycles. The van der Waals surface area contributed by atoms with E-state index in [0.29, 0.717) is 11.4 Å². The monoisotopic (exact) mass is 279 g/mol. The number of hydrogen-bond acceptors (Lipinski definition) is 3. The summed E-state index contributed by atoms with van der Waals surface area (Å²) in [6.07, 6.45) is 2.94. The number of aromatic nitrogens is 2. The van der Waals surface area contributed by atoms with Gasteiger partial charge >= 0.3 is 5.97 Å². The molecule has 0 unspecified atom stereocenters. The van der Waals surface area contributed by atoms with E-state index in [0.717, 1.165) is 0 Å². The van der Waals surface area contributed by atoms with Gasteiger partial charge in [0, 0.05) is 12.7 Å². The number of anilines is 1. The van der Waals surface area contributed by atoms with E-state index in [4.69, 9.17) is 16.7 Å². The van der Waals surface area contributed by atoms with Gasteiger partial charge in [0.15, 0.2) is 0 Å². The highest BCUT2D eigenvalue weighted by Crippen LogP contribution is 2.21. The summed E-state index contributed by atoms with van der Waals surface area (Å²) in [5, 5.41) is 11.5. The molecule has 6 nitrogen and oxygen atoms in total. The lowest BCUT2D eigenvalue weighted by atomic mass is 10.2. The summed E-state index contributed by atoms with van der Waals surface area (Å²) in [6, 6.07) is 4.20. The number of aromatic carboxylic acids is 1. The molecule has 1 heterocycles. The Hall–Kier alpha value is -2.34. The molecular formula is C12H10ClN3O3. The Morgan fingerprint density at radius 3 is 2.68 bits per heavy atom. The molecule has 0 radical (unpaired) electrons. The third-order valence-electron chi connectivity index (χ3n) is 2.51. The number of halogens is 1. The SMILES string of the molecule is Cn1cncc1C(=O)Nc1ccc(C(=O)O)c(Cl)c1. The maximum atomic E-state index is 11.9. The van der Waals surface area contributed by atoms with Crippen LogP contribution in [0.2, 0.25) is 5.02 Å². The summed E-state index contributed by atoms with van der Waals surface area (Å²) in [5.74, 6) is -1.46. The summed E-state index contributed by atoms with van der Waals surface area (Å²) >= 11 is 5.81. The van der Waals surface area contributed by atoms with Crippen LogP contribution in [0.25, 0.3) is 0 Å². The first-order valence-corrected chi connectivity index (χ1v) is 5.67. The van der Waals surface area contributed by atoms with Crippen molar-refractivity contribution in [3.8, 4) is 0 Å². The molecule has 1 aromatic heterocycles. The number of carbonyl (C=O) groups excluding carboxylic acids is 1. The van der Waals surface area contributed by atoms with Crippen molar-refractivity contribution in [1.29, 1.82) is 0 Å². The van der Waals surface area contributed by atoms with Gasteiger partial charge in [-0.2, -0.15) is 0 Å². The van der Waals surface area contributed by atoms with Crippen molar-refractivity contribution in [1.82, 2.24) is 9.55 Å². The van der Waals surface area contributed by atoms with Gasteiger partial charge in [0.2, 0.25) is 0 Å². The Morgan fingerprint density at radius 2 is 2.16 bits per heavy atom. The molecule has 2 aromatic rings. The highest BCUT2D eigenvalue weighted by atomic mass is 35.5. The van der Waals surface area contributed by atoms with Crippen LogP contribution in [0.4, 0.5) is 5.69 Å². The Bertz CT molecular complexity index is 651. The van der Waals surface area contributed by atoms with Gasteiger partial charge in [-0.15, -0.1) is 0 Å². The highest BCUT2D eigenvalue weighted by Gasteiger charge is 2.12. The van der Waals surface area contributed by atoms with E-state index in [2.05, 4.69) is 10.3 Å². The third kappa shape index (κ3) is 2.74. The summed E-state index contributed by atoms with van der Waals surface area (Å²) in [5.41, 5.74) is 0.792. The number of rotatable bonds is 3. The van der Waals surface area contributed by atoms with Crippen molar-refractivity contribution < 1.29 is 14.7 Å². The van der Waals surface area contributed by atoms with Crippen molar-refractivity contribution in [3.05, 3.63) is 47.0 Å². The van der Waals surface area contributed by atoms with E-state index in [-0.39, 0.29) is 16.5 Å². The van der Waals surface area contributed by atoms with Crippen LogP contribution in [0.15, 0.2) is 30.7 Å². The number of nitrogens with zero attached hydrogens (tertiary/aromatic N) is 2. The van der Waals surface area contributed by atoms with Gasteiger partial charge < -0.3 is 15.0 Å². The normalized spacial score (nSPS) is 10.2. The molecule has 0 aliphatic rings. The van der Waals surface area contributed by atoms with Crippen molar-refractivity contribution in [2.75, 3.05) is 5.32 Å². The molecule has 0 aliphatic carbocycles. The largest absolute Gasteiger partial charge is 0.478 e. The molecule has 19 heavy (non-hydrogen) atoms. The highest BCUT2D eigenvalue weighted by molar-refractivity contribution is 6.33. The predicted molar refractivity (Wildman–Crippen MR) is 69.6 cm³/mol. The first kappa shape index (κ1) is 13.1. The summed E-state index contributed by atoms with van der Waals surface area (Å²) in [4.78, 5) is 26.5. The maximum Gasteiger partial charge on any atom is 0.337 e. The number of carboxylic acids is 1. The molecule has 98 valence electrons. The smallest absolute Gasteiger partial charge is 0.337 e. The fraction of sp³-hybridized carbons (Fsp3) is 0.0833. The number of hydrogen-bond donors (Lipinski definition) is 2. The fourth-order valence-electron chi connectivity index (χ4n) is 1.54. The lowest BCUT2D eigenvalue weighted by Gasteiger charge is -2.07. The predicted octanol–water partition coefficient (Wildman–Crippen LogP) is 2.02. The van der Waals surface area contributed by atoms with Gasteiger partial charge in [0.25, 0.3) is 5.91 Å². The lowest BCUT2D eigenvalue weighted by Crippen LogP contribution is -2.15. The minimum Gasteiger partial charge on any atom is -0.478 e. The zero-order valence-electron chi connectivity index (χ0n) is 9.92. The van der Waals surface area contributed by atoms with Gasteiger partial charge in [-0.1, -0.05) is 11.6 Å². The third-order valence-corrected chi connectivity index (χ3v) is 2.82. The minimum absolute atomic E-state index is 0.0137. The average Bonchev–Trinajstić information content (AvgIpc) is 2.75. The molecule has 0 saturated carbocycles. The molecule has 1 amide bonds. The average molecular weight is 280 g/mol. The summed E-state index contributed by atoms with van der Waals surface area (Å²) in [7, 11) is 1.70. The second-order valence-electron chi connectivity index (χ2n) is 3.84. The Kier molecular flexibility index (Phi) is 3.52. The standard InChI is InChI=1S/C12H10ClN3O3/c1-16-6-14-5-10(16)11(17)15-7-2-3-8(12(18)19)9(13)4-7/h2-6H,1H3,(H,15,17)(H,18,19). The quantitative estimate of drug-likeness (QED) is 0.900. The zero-order chi connectivity index (χ0) is 14.0. The van der Waals surface area contributed by atoms with Crippen LogP contribution < -0.4 is 5.32 Å². The molecule has 0 atom stereocenters. The van der Waals surface area contributed by atoms with Gasteiger partial charge in [0.1, 0.15) is 5.69 Å². The molecule has 0 bridgehead atoms. The van der Waals surface area contributed by atoms with Crippen LogP contribution in [0, 0.1) is 0 Å². The molecule has 0 spiro atoms. The van der Waals surface area contributed by atoms with Crippen LogP contribution in [0.5, 0.6) is 0 Å². The van der Waals surface area contributed by atoms with Gasteiger partial charge in [-0.3, -0.25) is 4.79 Å². The zero-order valence-corrected chi connectivity index (χ0v) is 10.7. The molecule has 2 rings (SSSR count). The van der Waals surface area contributed by atoms with Crippen LogP contribution >= 0.6 is 11.6 Å². The molecule has 0 fully saturated rings. The number of carbonyl (C=O) groups is 2. The molecule has 7 heteroatoms. The first-order chi connectivity index (χ1) is 8.99. The van der Waals surface area contributed by atoms with Crippen molar-refractivity contribution in [2.24, 2.45) is 7.05 Å². The summed E-state index contributed by atoms with van der Waals surface area (Å²) in [6.45, 7) is 0. The molecule has 1 aromatic carbocycles. The Labute approximate surface area is 113 Å². The Morgan fingerprint density at radius 1 is 1.42 bits per heavy atom. The number of imidazole rings is 1. The van der Waals surface area contributed by atoms with Crippen LogP contribution in [0.3, 0.4) is 0 Å². The van der Waals surface area contributed by atoms with E-state index < -0.39 is 5.97 Å². The first-order valence-electron chi connectivity index (χ1n) is 5.29. The van der Waals surface area contributed by atoms with Gasteiger partial charge in [-0.05, 0) is 18.2 Å².